The van der Waals surface area contributed by atoms with Gasteiger partial charge < -0.3 is 0 Å². The van der Waals surface area contributed by atoms with Crippen molar-refractivity contribution in [3.63, 3.8) is 0 Å². The number of hydrogen-bond acceptors (Lipinski definition) is 2. The summed E-state index contributed by atoms with van der Waals surface area (Å²) in [6.45, 7) is 2.17. The average molecular weight is 351 g/mol. The Morgan fingerprint density at radius 3 is 1.82 bits per heavy atom. The zero-order valence-corrected chi connectivity index (χ0v) is 13.9. The van der Waals surface area contributed by atoms with Crippen molar-refractivity contribution in [2.75, 3.05) is 0 Å². The molecule has 100 valence electrons. The number of unbranched alkanes of at least 4 members (excludes halogenated alkanes) is 5. The molecule has 17 heavy (non-hydrogen) atoms. The van der Waals surface area contributed by atoms with Gasteiger partial charge in [0.1, 0.15) is 0 Å². The second kappa shape index (κ2) is 10.9. The molecule has 0 aromatic carbocycles. The monoisotopic (exact) mass is 352 g/mol. The predicted octanol–water partition coefficient (Wildman–Crippen LogP) is 2.74. The number of carbonyl (C=O) groups is 2. The van der Waals surface area contributed by atoms with E-state index in [4.69, 9.17) is 10.2 Å². The van der Waals surface area contributed by atoms with E-state index in [1.807, 2.05) is 0 Å². The van der Waals surface area contributed by atoms with Crippen LogP contribution in [-0.2, 0) is 9.59 Å². The summed E-state index contributed by atoms with van der Waals surface area (Å²) in [7, 11) is 0. The molecular formula is C12H24O4Sn. The zero-order chi connectivity index (χ0) is 13.1. The molecule has 0 heterocycles. The number of rotatable bonds is 11. The molecule has 0 unspecified atom stereocenters. The first-order chi connectivity index (χ1) is 8.06. The summed E-state index contributed by atoms with van der Waals surface area (Å²) < 4.78 is 1.29. The van der Waals surface area contributed by atoms with Gasteiger partial charge in [0.25, 0.3) is 0 Å². The quantitative estimate of drug-likeness (QED) is 0.444. The van der Waals surface area contributed by atoms with Crippen LogP contribution in [-0.4, -0.2) is 41.9 Å². The fourth-order valence-corrected chi connectivity index (χ4v) is 8.85. The number of carboxylic acids is 2. The Morgan fingerprint density at radius 1 is 0.882 bits per heavy atom. The van der Waals surface area contributed by atoms with Crippen molar-refractivity contribution in [2.24, 2.45) is 0 Å². The van der Waals surface area contributed by atoms with Crippen LogP contribution < -0.4 is 0 Å². The van der Waals surface area contributed by atoms with E-state index in [0.29, 0.717) is 0 Å². The molecule has 0 bridgehead atoms. The van der Waals surface area contributed by atoms with Crippen molar-refractivity contribution in [3.05, 3.63) is 0 Å². The summed E-state index contributed by atoms with van der Waals surface area (Å²) in [5, 5.41) is 17.5. The molecule has 0 amide bonds. The van der Waals surface area contributed by atoms with Gasteiger partial charge in [0, 0.05) is 0 Å². The summed E-state index contributed by atoms with van der Waals surface area (Å²) in [4.78, 5) is 21.2. The van der Waals surface area contributed by atoms with E-state index in [2.05, 4.69) is 6.92 Å². The normalized spacial score (nSPS) is 10.7. The first-order valence-electron chi connectivity index (χ1n) is 6.49. The molecule has 0 aliphatic rings. The van der Waals surface area contributed by atoms with Gasteiger partial charge in [0.05, 0.1) is 0 Å². The van der Waals surface area contributed by atoms with Crippen LogP contribution in [0.5, 0.6) is 0 Å². The van der Waals surface area contributed by atoms with Crippen LogP contribution in [0.15, 0.2) is 0 Å². The Labute approximate surface area is 110 Å². The van der Waals surface area contributed by atoms with Gasteiger partial charge in [-0.1, -0.05) is 0 Å². The van der Waals surface area contributed by atoms with Gasteiger partial charge in [-0.05, 0) is 0 Å². The van der Waals surface area contributed by atoms with E-state index in [1.165, 1.54) is 25.7 Å². The first kappa shape index (κ1) is 16.7. The number of hydrogen-bond donors (Lipinski definition) is 2. The van der Waals surface area contributed by atoms with Gasteiger partial charge in [-0.2, -0.15) is 0 Å². The molecule has 0 fully saturated rings. The van der Waals surface area contributed by atoms with E-state index in [0.717, 1.165) is 17.3 Å². The van der Waals surface area contributed by atoms with Gasteiger partial charge in [-0.15, -0.1) is 0 Å². The SMILES string of the molecule is CCCCCCC[CH2][SnH]([CH2]C(=O)O)[CH2]C(=O)O. The van der Waals surface area contributed by atoms with Crippen LogP contribution >= 0.6 is 0 Å². The molecule has 0 spiro atoms. The van der Waals surface area contributed by atoms with Gasteiger partial charge in [-0.3, -0.25) is 0 Å². The van der Waals surface area contributed by atoms with E-state index in [9.17, 15) is 9.59 Å². The molecule has 0 saturated heterocycles. The van der Waals surface area contributed by atoms with Crippen LogP contribution in [0.1, 0.15) is 45.4 Å². The maximum absolute atomic E-state index is 10.6. The number of carboxylic acid groups (broad SMARTS) is 2. The van der Waals surface area contributed by atoms with Crippen molar-refractivity contribution in [1.82, 2.24) is 0 Å². The minimum absolute atomic E-state index is 0.183. The topological polar surface area (TPSA) is 74.6 Å². The van der Waals surface area contributed by atoms with Crippen molar-refractivity contribution >= 4 is 31.7 Å². The Kier molecular flexibility index (Phi) is 10.7. The van der Waals surface area contributed by atoms with Crippen molar-refractivity contribution in [2.45, 2.75) is 58.8 Å². The zero-order valence-electron chi connectivity index (χ0n) is 10.7. The third-order valence-corrected chi connectivity index (χ3v) is 11.7. The van der Waals surface area contributed by atoms with Gasteiger partial charge in [0.2, 0.25) is 0 Å². The predicted molar refractivity (Wildman–Crippen MR) is 70.2 cm³/mol. The molecule has 5 heteroatoms. The first-order valence-corrected chi connectivity index (χ1v) is 13.5. The van der Waals surface area contributed by atoms with E-state index >= 15 is 0 Å². The molecule has 0 saturated carbocycles. The summed E-state index contributed by atoms with van der Waals surface area (Å²) in [5.74, 6) is -1.61. The molecular weight excluding hydrogens is 327 g/mol. The van der Waals surface area contributed by atoms with Crippen molar-refractivity contribution in [1.29, 1.82) is 0 Å². The standard InChI is InChI=1S/C8H17.2C2H3O2.Sn.H/c1-3-5-7-8-6-4-2;2*1-2(3)4;;/h1,3-8H2,2H3;2*1H2,(H,3,4);;. The Morgan fingerprint density at radius 2 is 1.35 bits per heavy atom. The van der Waals surface area contributed by atoms with Crippen molar-refractivity contribution < 1.29 is 19.8 Å². The van der Waals surface area contributed by atoms with Crippen LogP contribution in [0.2, 0.25) is 13.3 Å². The minimum atomic E-state index is -2.32. The molecule has 0 aromatic rings. The average Bonchev–Trinajstić information content (AvgIpc) is 2.21. The number of aliphatic carboxylic acids is 2. The van der Waals surface area contributed by atoms with E-state index in [1.54, 1.807) is 0 Å². The molecule has 2 N–H and O–H groups in total. The van der Waals surface area contributed by atoms with Crippen LogP contribution in [0.4, 0.5) is 0 Å². The fourth-order valence-electron chi connectivity index (χ4n) is 1.98. The van der Waals surface area contributed by atoms with E-state index < -0.39 is 31.7 Å². The molecule has 0 radical (unpaired) electrons. The third-order valence-electron chi connectivity index (χ3n) is 2.89. The summed E-state index contributed by atoms with van der Waals surface area (Å²) in [5.41, 5.74) is 0. The Bertz CT molecular complexity index is 215. The molecule has 4 nitrogen and oxygen atoms in total. The second-order valence-corrected chi connectivity index (χ2v) is 13.5. The van der Waals surface area contributed by atoms with Crippen LogP contribution in [0.25, 0.3) is 0 Å². The van der Waals surface area contributed by atoms with Gasteiger partial charge in [-0.25, -0.2) is 0 Å². The molecule has 0 rings (SSSR count). The summed E-state index contributed by atoms with van der Waals surface area (Å²) >= 11 is -2.32. The maximum atomic E-state index is 10.6. The third kappa shape index (κ3) is 12.0. The van der Waals surface area contributed by atoms with Crippen LogP contribution in [0.3, 0.4) is 0 Å². The molecule has 0 aliphatic carbocycles. The van der Waals surface area contributed by atoms with E-state index in [-0.39, 0.29) is 8.87 Å². The van der Waals surface area contributed by atoms with Crippen molar-refractivity contribution in [3.8, 4) is 0 Å². The summed E-state index contributed by atoms with van der Waals surface area (Å²) in [6.07, 6.45) is 7.09. The van der Waals surface area contributed by atoms with Gasteiger partial charge in [0.15, 0.2) is 0 Å². The Hall–Kier alpha value is -0.261. The summed E-state index contributed by atoms with van der Waals surface area (Å²) in [6, 6.07) is 0. The second-order valence-electron chi connectivity index (χ2n) is 4.62. The molecule has 0 aliphatic heterocycles. The van der Waals surface area contributed by atoms with Crippen LogP contribution in [0, 0.1) is 0 Å². The molecule has 0 aromatic heterocycles. The Balaban J connectivity index is 3.68. The fraction of sp³-hybridized carbons (Fsp3) is 0.833. The van der Waals surface area contributed by atoms with Gasteiger partial charge >= 0.3 is 110 Å². The molecule has 0 atom stereocenters.